The van der Waals surface area contributed by atoms with Crippen molar-refractivity contribution >= 4 is 36.2 Å². The minimum Gasteiger partial charge on any atom is -0.387 e. The van der Waals surface area contributed by atoms with Crippen LogP contribution in [-0.4, -0.2) is 53.8 Å². The van der Waals surface area contributed by atoms with E-state index in [9.17, 15) is 5.11 Å². The molecule has 0 spiro atoms. The molecule has 1 aromatic heterocycles. The lowest BCUT2D eigenvalue weighted by Crippen LogP contribution is -2.43. The van der Waals surface area contributed by atoms with Gasteiger partial charge in [0.1, 0.15) is 0 Å². The summed E-state index contributed by atoms with van der Waals surface area (Å²) in [5.41, 5.74) is 2.51. The predicted molar refractivity (Wildman–Crippen MR) is 85.0 cm³/mol. The summed E-state index contributed by atoms with van der Waals surface area (Å²) in [6, 6.07) is 0. The zero-order valence-corrected chi connectivity index (χ0v) is 13.8. The fraction of sp³-hybridized carbons (Fsp3) is 0.750. The molecule has 2 heterocycles. The minimum atomic E-state index is -0.530. The first kappa shape index (κ1) is 19.1. The molecule has 1 aliphatic rings. The number of aliphatic hydroxyl groups is 1. The molecule has 0 bridgehead atoms. The van der Waals surface area contributed by atoms with Crippen molar-refractivity contribution in [1.82, 2.24) is 15.2 Å². The number of aryl methyl sites for hydroxylation is 1. The van der Waals surface area contributed by atoms with Crippen LogP contribution in [0.3, 0.4) is 0 Å². The van der Waals surface area contributed by atoms with E-state index in [1.54, 1.807) is 11.3 Å². The molecule has 4 nitrogen and oxygen atoms in total. The topological polar surface area (TPSA) is 48.4 Å². The minimum absolute atomic E-state index is 0. The molecule has 1 unspecified atom stereocenters. The highest BCUT2D eigenvalue weighted by atomic mass is 35.5. The number of likely N-dealkylation sites (N-methyl/N-ethyl adjacent to an activating group) is 1. The number of β-amino-alcohol motifs (C(OH)–C–C–N with tert-alkyl or cyclic N) is 1. The Labute approximate surface area is 131 Å². The smallest absolute Gasteiger partial charge is 0.0909 e. The first-order chi connectivity index (χ1) is 8.09. The zero-order chi connectivity index (χ0) is 12.3. The number of nitrogens with one attached hydrogen (secondary N) is 1. The van der Waals surface area contributed by atoms with Crippen molar-refractivity contribution < 1.29 is 5.11 Å². The van der Waals surface area contributed by atoms with Crippen molar-refractivity contribution in [1.29, 1.82) is 0 Å². The third-order valence-electron chi connectivity index (χ3n) is 3.35. The van der Waals surface area contributed by atoms with Gasteiger partial charge in [0, 0.05) is 24.5 Å². The van der Waals surface area contributed by atoms with Gasteiger partial charge in [-0.15, -0.1) is 36.2 Å². The summed E-state index contributed by atoms with van der Waals surface area (Å²) in [5, 5.41) is 13.5. The maximum absolute atomic E-state index is 10.3. The van der Waals surface area contributed by atoms with Crippen LogP contribution in [0.15, 0.2) is 5.51 Å². The molecule has 1 atom stereocenters. The Bertz CT molecular complexity index is 370. The molecule has 19 heavy (non-hydrogen) atoms. The molecular formula is C12H23Cl2N3OS. The fourth-order valence-corrected chi connectivity index (χ4v) is 3.08. The van der Waals surface area contributed by atoms with Crippen molar-refractivity contribution in [2.45, 2.75) is 25.4 Å². The van der Waals surface area contributed by atoms with Gasteiger partial charge in [0.05, 0.1) is 16.8 Å². The molecule has 1 aliphatic heterocycles. The number of thiazole rings is 1. The van der Waals surface area contributed by atoms with E-state index in [0.29, 0.717) is 0 Å². The van der Waals surface area contributed by atoms with E-state index in [1.807, 2.05) is 5.51 Å². The van der Waals surface area contributed by atoms with E-state index in [-0.39, 0.29) is 24.8 Å². The van der Waals surface area contributed by atoms with Gasteiger partial charge in [-0.25, -0.2) is 4.98 Å². The fourth-order valence-electron chi connectivity index (χ4n) is 2.31. The molecule has 2 rings (SSSR count). The zero-order valence-electron chi connectivity index (χ0n) is 11.4. The number of hydrogen-bond donors (Lipinski definition) is 2. The quantitative estimate of drug-likeness (QED) is 0.860. The van der Waals surface area contributed by atoms with Gasteiger partial charge in [-0.3, -0.25) is 0 Å². The molecule has 0 aliphatic carbocycles. The van der Waals surface area contributed by atoms with Crippen LogP contribution in [0.1, 0.15) is 17.0 Å². The highest BCUT2D eigenvalue weighted by Gasteiger charge is 2.31. The average Bonchev–Trinajstić information content (AvgIpc) is 2.85. The van der Waals surface area contributed by atoms with E-state index >= 15 is 0 Å². The third kappa shape index (κ3) is 5.53. The van der Waals surface area contributed by atoms with Gasteiger partial charge in [-0.1, -0.05) is 0 Å². The van der Waals surface area contributed by atoms with Crippen LogP contribution >= 0.6 is 36.2 Å². The van der Waals surface area contributed by atoms with Crippen LogP contribution in [-0.2, 0) is 6.42 Å². The van der Waals surface area contributed by atoms with E-state index in [2.05, 4.69) is 29.2 Å². The standard InChI is InChI=1S/C12H21N3OS.2ClH/c1-10-11(17-9-14-10)3-6-15(2)8-12(16)4-5-13-7-12;;/h9,13,16H,3-8H2,1-2H3;2*1H. The Morgan fingerprint density at radius 3 is 2.79 bits per heavy atom. The van der Waals surface area contributed by atoms with Crippen molar-refractivity contribution in [3.8, 4) is 0 Å². The highest BCUT2D eigenvalue weighted by Crippen LogP contribution is 2.17. The third-order valence-corrected chi connectivity index (χ3v) is 4.35. The number of nitrogens with zero attached hydrogens (tertiary/aromatic N) is 2. The van der Waals surface area contributed by atoms with Crippen LogP contribution in [0.5, 0.6) is 0 Å². The van der Waals surface area contributed by atoms with Gasteiger partial charge in [-0.05, 0) is 33.4 Å². The number of rotatable bonds is 5. The number of hydrogen-bond acceptors (Lipinski definition) is 5. The van der Waals surface area contributed by atoms with E-state index in [4.69, 9.17) is 0 Å². The van der Waals surface area contributed by atoms with Gasteiger partial charge >= 0.3 is 0 Å². The Kier molecular flexibility index (Phi) is 8.43. The molecule has 2 N–H and O–H groups in total. The van der Waals surface area contributed by atoms with Crippen molar-refractivity contribution in [2.75, 3.05) is 33.2 Å². The first-order valence-corrected chi connectivity index (χ1v) is 6.98. The Morgan fingerprint density at radius 2 is 2.26 bits per heavy atom. The molecule has 0 amide bonds. The molecular weight excluding hydrogens is 305 g/mol. The lowest BCUT2D eigenvalue weighted by molar-refractivity contribution is 0.0287. The van der Waals surface area contributed by atoms with E-state index in [1.165, 1.54) is 4.88 Å². The van der Waals surface area contributed by atoms with Crippen molar-refractivity contribution in [3.05, 3.63) is 16.1 Å². The number of aromatic nitrogens is 1. The summed E-state index contributed by atoms with van der Waals surface area (Å²) in [6.45, 7) is 5.43. The van der Waals surface area contributed by atoms with Crippen LogP contribution in [0.4, 0.5) is 0 Å². The summed E-state index contributed by atoms with van der Waals surface area (Å²) in [5.74, 6) is 0. The van der Waals surface area contributed by atoms with Crippen LogP contribution in [0, 0.1) is 6.92 Å². The lowest BCUT2D eigenvalue weighted by Gasteiger charge is -2.27. The Hall–Kier alpha value is 0.0900. The van der Waals surface area contributed by atoms with Crippen LogP contribution in [0.2, 0.25) is 0 Å². The highest BCUT2D eigenvalue weighted by molar-refractivity contribution is 7.09. The maximum atomic E-state index is 10.3. The van der Waals surface area contributed by atoms with Gasteiger partial charge in [-0.2, -0.15) is 0 Å². The van der Waals surface area contributed by atoms with Gasteiger partial charge in [0.25, 0.3) is 0 Å². The average molecular weight is 328 g/mol. The number of halogens is 2. The van der Waals surface area contributed by atoms with E-state index < -0.39 is 5.60 Å². The summed E-state index contributed by atoms with van der Waals surface area (Å²) in [6.07, 6.45) is 1.88. The molecule has 112 valence electrons. The second kappa shape index (κ2) is 8.39. The molecule has 0 radical (unpaired) electrons. The predicted octanol–water partition coefficient (Wildman–Crippen LogP) is 1.49. The van der Waals surface area contributed by atoms with Gasteiger partial charge in [0.2, 0.25) is 0 Å². The van der Waals surface area contributed by atoms with E-state index in [0.717, 1.165) is 44.7 Å². The Balaban J connectivity index is 0.00000162. The molecule has 1 fully saturated rings. The maximum Gasteiger partial charge on any atom is 0.0909 e. The molecule has 1 saturated heterocycles. The molecule has 0 saturated carbocycles. The van der Waals surface area contributed by atoms with Gasteiger partial charge in [0.15, 0.2) is 0 Å². The lowest BCUT2D eigenvalue weighted by atomic mass is 10.0. The SMILES string of the molecule is Cc1ncsc1CCN(C)CC1(O)CCNC1.Cl.Cl. The Morgan fingerprint density at radius 1 is 1.53 bits per heavy atom. The second-order valence-electron chi connectivity index (χ2n) is 5.00. The molecule has 0 aromatic carbocycles. The monoisotopic (exact) mass is 327 g/mol. The second-order valence-corrected chi connectivity index (χ2v) is 5.94. The summed E-state index contributed by atoms with van der Waals surface area (Å²) in [4.78, 5) is 7.82. The normalized spacial score (nSPS) is 22.1. The molecule has 7 heteroatoms. The summed E-state index contributed by atoms with van der Waals surface area (Å²) >= 11 is 1.72. The van der Waals surface area contributed by atoms with Crippen LogP contribution < -0.4 is 5.32 Å². The van der Waals surface area contributed by atoms with Gasteiger partial charge < -0.3 is 15.3 Å². The van der Waals surface area contributed by atoms with Crippen molar-refractivity contribution in [3.63, 3.8) is 0 Å². The largest absolute Gasteiger partial charge is 0.387 e. The summed E-state index contributed by atoms with van der Waals surface area (Å²) < 4.78 is 0. The first-order valence-electron chi connectivity index (χ1n) is 6.10. The van der Waals surface area contributed by atoms with Crippen LogP contribution in [0.25, 0.3) is 0 Å². The van der Waals surface area contributed by atoms with Crippen molar-refractivity contribution in [2.24, 2.45) is 0 Å². The summed E-state index contributed by atoms with van der Waals surface area (Å²) in [7, 11) is 2.08. The molecule has 1 aromatic rings.